The highest BCUT2D eigenvalue weighted by Gasteiger charge is 1.93. The number of halogens is 2. The highest BCUT2D eigenvalue weighted by atomic mass is 19.1. The van der Waals surface area contributed by atoms with E-state index in [9.17, 15) is 8.78 Å². The Kier molecular flexibility index (Phi) is 16.3. The van der Waals surface area contributed by atoms with Gasteiger partial charge in [-0.1, -0.05) is 66.2 Å². The van der Waals surface area contributed by atoms with Crippen molar-refractivity contribution in [1.29, 1.82) is 0 Å². The SMILES string of the molecule is CC.CCCCCCCC.Cc1cc(F)cc(F)c1. The van der Waals surface area contributed by atoms with Gasteiger partial charge in [0.15, 0.2) is 0 Å². The van der Waals surface area contributed by atoms with Crippen molar-refractivity contribution >= 4 is 0 Å². The second-order valence-electron chi connectivity index (χ2n) is 4.36. The van der Waals surface area contributed by atoms with Crippen LogP contribution in [-0.2, 0) is 0 Å². The first-order valence-corrected chi connectivity index (χ1v) is 7.52. The third-order valence-corrected chi connectivity index (χ3v) is 2.46. The maximum absolute atomic E-state index is 12.2. The molecule has 1 aromatic rings. The summed E-state index contributed by atoms with van der Waals surface area (Å²) in [5.41, 5.74) is 0.604. The van der Waals surface area contributed by atoms with Gasteiger partial charge in [0.2, 0.25) is 0 Å². The molecule has 0 saturated carbocycles. The fraction of sp³-hybridized carbons (Fsp3) is 0.647. The fourth-order valence-electron chi connectivity index (χ4n) is 1.55. The van der Waals surface area contributed by atoms with Gasteiger partial charge in [0, 0.05) is 6.07 Å². The third-order valence-electron chi connectivity index (χ3n) is 2.46. The molecule has 0 N–H and O–H groups in total. The Morgan fingerprint density at radius 1 is 0.737 bits per heavy atom. The second kappa shape index (κ2) is 15.1. The van der Waals surface area contributed by atoms with Gasteiger partial charge in [-0.3, -0.25) is 0 Å². The molecule has 0 fully saturated rings. The average Bonchev–Trinajstić information content (AvgIpc) is 2.36. The number of hydrogen-bond acceptors (Lipinski definition) is 0. The standard InChI is InChI=1S/C8H18.C7H6F2.C2H6/c1-3-5-7-8-6-4-2;1-5-2-6(8)4-7(9)3-5;1-2/h3-8H2,1-2H3;2-4H,1H3;1-2H3. The molecule has 19 heavy (non-hydrogen) atoms. The van der Waals surface area contributed by atoms with E-state index in [-0.39, 0.29) is 0 Å². The van der Waals surface area contributed by atoms with Crippen molar-refractivity contribution in [2.45, 2.75) is 73.1 Å². The van der Waals surface area contributed by atoms with Gasteiger partial charge in [0.05, 0.1) is 0 Å². The monoisotopic (exact) mass is 272 g/mol. The van der Waals surface area contributed by atoms with Gasteiger partial charge in [-0.15, -0.1) is 0 Å². The summed E-state index contributed by atoms with van der Waals surface area (Å²) >= 11 is 0. The van der Waals surface area contributed by atoms with E-state index in [1.165, 1.54) is 50.7 Å². The molecule has 0 spiro atoms. The zero-order valence-electron chi connectivity index (χ0n) is 13.2. The molecule has 1 rings (SSSR count). The molecule has 0 saturated heterocycles. The van der Waals surface area contributed by atoms with Crippen LogP contribution in [0.2, 0.25) is 0 Å². The van der Waals surface area contributed by atoms with Crippen molar-refractivity contribution in [1.82, 2.24) is 0 Å². The van der Waals surface area contributed by atoms with E-state index in [2.05, 4.69) is 13.8 Å². The van der Waals surface area contributed by atoms with Gasteiger partial charge in [-0.05, 0) is 24.6 Å². The summed E-state index contributed by atoms with van der Waals surface area (Å²) < 4.78 is 24.4. The van der Waals surface area contributed by atoms with Gasteiger partial charge in [-0.2, -0.15) is 0 Å². The van der Waals surface area contributed by atoms with Crippen LogP contribution in [-0.4, -0.2) is 0 Å². The number of benzene rings is 1. The number of rotatable bonds is 5. The Labute approximate surface area is 118 Å². The molecule has 0 bridgehead atoms. The first-order chi connectivity index (χ1) is 9.10. The second-order valence-corrected chi connectivity index (χ2v) is 4.36. The first kappa shape index (κ1) is 20.4. The van der Waals surface area contributed by atoms with Crippen molar-refractivity contribution in [3.05, 3.63) is 35.4 Å². The van der Waals surface area contributed by atoms with E-state index in [1.54, 1.807) is 6.92 Å². The molecule has 0 aliphatic rings. The van der Waals surface area contributed by atoms with E-state index in [4.69, 9.17) is 0 Å². The van der Waals surface area contributed by atoms with E-state index in [1.807, 2.05) is 13.8 Å². The van der Waals surface area contributed by atoms with Crippen molar-refractivity contribution in [2.75, 3.05) is 0 Å². The van der Waals surface area contributed by atoms with Crippen molar-refractivity contribution in [3.63, 3.8) is 0 Å². The first-order valence-electron chi connectivity index (χ1n) is 7.52. The Bertz CT molecular complexity index is 239. The lowest BCUT2D eigenvalue weighted by Gasteiger charge is -1.93. The van der Waals surface area contributed by atoms with E-state index in [0.717, 1.165) is 6.07 Å². The molecule has 0 nitrogen and oxygen atoms in total. The van der Waals surface area contributed by atoms with Crippen LogP contribution < -0.4 is 0 Å². The quantitative estimate of drug-likeness (QED) is 0.525. The van der Waals surface area contributed by atoms with Gasteiger partial charge >= 0.3 is 0 Å². The molecule has 112 valence electrons. The summed E-state index contributed by atoms with van der Waals surface area (Å²) in [6, 6.07) is 3.42. The van der Waals surface area contributed by atoms with Crippen LogP contribution >= 0.6 is 0 Å². The van der Waals surface area contributed by atoms with Gasteiger partial charge < -0.3 is 0 Å². The highest BCUT2D eigenvalue weighted by Crippen LogP contribution is 2.05. The Balaban J connectivity index is 0. The van der Waals surface area contributed by atoms with Crippen LogP contribution in [0.3, 0.4) is 0 Å². The zero-order valence-corrected chi connectivity index (χ0v) is 13.2. The van der Waals surface area contributed by atoms with Crippen LogP contribution in [0.4, 0.5) is 8.78 Å². The molecule has 1 aromatic carbocycles. The average molecular weight is 272 g/mol. The molecular formula is C17H30F2. The summed E-state index contributed by atoms with van der Waals surface area (Å²) in [7, 11) is 0. The maximum Gasteiger partial charge on any atom is 0.126 e. The van der Waals surface area contributed by atoms with Crippen molar-refractivity contribution in [3.8, 4) is 0 Å². The molecule has 0 atom stereocenters. The summed E-state index contributed by atoms with van der Waals surface area (Å²) in [6.45, 7) is 10.2. The highest BCUT2D eigenvalue weighted by molar-refractivity contribution is 5.15. The van der Waals surface area contributed by atoms with Crippen LogP contribution in [0, 0.1) is 18.6 Å². The molecule has 0 aliphatic carbocycles. The summed E-state index contributed by atoms with van der Waals surface area (Å²) in [5.74, 6) is -1.04. The molecule has 0 aromatic heterocycles. The lowest BCUT2D eigenvalue weighted by Crippen LogP contribution is -1.80. The van der Waals surface area contributed by atoms with Gasteiger partial charge in [0.1, 0.15) is 11.6 Å². The minimum absolute atomic E-state index is 0.521. The van der Waals surface area contributed by atoms with E-state index >= 15 is 0 Å². The number of aryl methyl sites for hydroxylation is 1. The van der Waals surface area contributed by atoms with Crippen LogP contribution in [0.5, 0.6) is 0 Å². The lowest BCUT2D eigenvalue weighted by atomic mass is 10.1. The van der Waals surface area contributed by atoms with Gasteiger partial charge in [0.25, 0.3) is 0 Å². The molecule has 0 heterocycles. The van der Waals surface area contributed by atoms with Gasteiger partial charge in [-0.25, -0.2) is 8.78 Å². The minimum Gasteiger partial charge on any atom is -0.207 e. The largest absolute Gasteiger partial charge is 0.207 e. The van der Waals surface area contributed by atoms with Crippen LogP contribution in [0.1, 0.15) is 71.8 Å². The lowest BCUT2D eigenvalue weighted by molar-refractivity contribution is 0.581. The normalized spacial score (nSPS) is 9.00. The maximum atomic E-state index is 12.2. The Hall–Kier alpha value is -0.920. The van der Waals surface area contributed by atoms with Crippen molar-refractivity contribution < 1.29 is 8.78 Å². The van der Waals surface area contributed by atoms with E-state index < -0.39 is 11.6 Å². The Morgan fingerprint density at radius 3 is 1.37 bits per heavy atom. The number of unbranched alkanes of at least 4 members (excludes halogenated alkanes) is 5. The number of hydrogen-bond donors (Lipinski definition) is 0. The summed E-state index contributed by atoms with van der Waals surface area (Å²) in [6.07, 6.45) is 8.49. The zero-order chi connectivity index (χ0) is 15.1. The Morgan fingerprint density at radius 2 is 1.11 bits per heavy atom. The molecular weight excluding hydrogens is 242 g/mol. The fourth-order valence-corrected chi connectivity index (χ4v) is 1.55. The molecule has 0 amide bonds. The van der Waals surface area contributed by atoms with Crippen molar-refractivity contribution in [2.24, 2.45) is 0 Å². The minimum atomic E-state index is -0.521. The van der Waals surface area contributed by atoms with Crippen LogP contribution in [0.15, 0.2) is 18.2 Å². The third kappa shape index (κ3) is 15.0. The summed E-state index contributed by atoms with van der Waals surface area (Å²) in [5, 5.41) is 0. The predicted molar refractivity (Wildman–Crippen MR) is 81.5 cm³/mol. The van der Waals surface area contributed by atoms with Crippen LogP contribution in [0.25, 0.3) is 0 Å². The molecule has 0 radical (unpaired) electrons. The smallest absolute Gasteiger partial charge is 0.126 e. The summed E-state index contributed by atoms with van der Waals surface area (Å²) in [4.78, 5) is 0. The predicted octanol–water partition coefficient (Wildman–Crippen LogP) is 6.67. The molecule has 2 heteroatoms. The molecule has 0 unspecified atom stereocenters. The topological polar surface area (TPSA) is 0 Å². The van der Waals surface area contributed by atoms with E-state index in [0.29, 0.717) is 5.56 Å². The molecule has 0 aliphatic heterocycles.